The van der Waals surface area contributed by atoms with Crippen LogP contribution >= 0.6 is 0 Å². The minimum Gasteiger partial charge on any atom is -0.456 e. The van der Waals surface area contributed by atoms with E-state index in [1.807, 2.05) is 13.8 Å². The van der Waals surface area contributed by atoms with Crippen LogP contribution in [0, 0.1) is 17.8 Å². The quantitative estimate of drug-likeness (QED) is 0.273. The highest BCUT2D eigenvalue weighted by Crippen LogP contribution is 2.49. The van der Waals surface area contributed by atoms with Gasteiger partial charge in [-0.25, -0.2) is 4.79 Å². The molecule has 0 N–H and O–H groups in total. The summed E-state index contributed by atoms with van der Waals surface area (Å²) in [6, 6.07) is 0. The largest absolute Gasteiger partial charge is 0.456 e. The summed E-state index contributed by atoms with van der Waals surface area (Å²) in [7, 11) is 1.67. The maximum Gasteiger partial charge on any atom is 0.330 e. The fraction of sp³-hybridized carbons (Fsp3) is 0.850. The Morgan fingerprint density at radius 1 is 1.12 bits per heavy atom. The zero-order chi connectivity index (χ0) is 18.3. The van der Waals surface area contributed by atoms with Crippen molar-refractivity contribution in [2.45, 2.75) is 64.1 Å². The molecule has 144 valence electrons. The second-order valence-corrected chi connectivity index (χ2v) is 7.75. The van der Waals surface area contributed by atoms with Gasteiger partial charge in [-0.1, -0.05) is 19.4 Å². The van der Waals surface area contributed by atoms with Gasteiger partial charge in [-0.2, -0.15) is 0 Å². The lowest BCUT2D eigenvalue weighted by Crippen LogP contribution is -2.49. The second kappa shape index (κ2) is 9.70. The predicted octanol–water partition coefficient (Wildman–Crippen LogP) is 3.72. The van der Waals surface area contributed by atoms with Crippen LogP contribution in [0.25, 0.3) is 0 Å². The van der Waals surface area contributed by atoms with Gasteiger partial charge >= 0.3 is 5.97 Å². The van der Waals surface area contributed by atoms with E-state index in [9.17, 15) is 4.79 Å². The molecule has 2 aliphatic rings. The van der Waals surface area contributed by atoms with Crippen LogP contribution in [-0.2, 0) is 23.7 Å². The molecule has 1 unspecified atom stereocenters. The highest BCUT2D eigenvalue weighted by molar-refractivity contribution is 5.81. The SMILES string of the molecule is C=CC(=O)OC(C)(C)[C@@H]1CCCC2[C@H](OCOCCOC)CCC[C@@H]21. The maximum absolute atomic E-state index is 11.7. The number of carbonyl (C=O) groups excluding carboxylic acids is 1. The molecule has 0 aromatic carbocycles. The third-order valence-electron chi connectivity index (χ3n) is 5.84. The van der Waals surface area contributed by atoms with Crippen molar-refractivity contribution in [3.63, 3.8) is 0 Å². The molecule has 2 rings (SSSR count). The van der Waals surface area contributed by atoms with E-state index in [0.717, 1.165) is 25.7 Å². The molecule has 0 aromatic heterocycles. The summed E-state index contributed by atoms with van der Waals surface area (Å²) >= 11 is 0. The Morgan fingerprint density at radius 2 is 1.84 bits per heavy atom. The van der Waals surface area contributed by atoms with E-state index in [2.05, 4.69) is 6.58 Å². The van der Waals surface area contributed by atoms with Gasteiger partial charge in [-0.15, -0.1) is 0 Å². The van der Waals surface area contributed by atoms with Crippen molar-refractivity contribution >= 4 is 5.97 Å². The molecule has 5 nitrogen and oxygen atoms in total. The number of fused-ring (bicyclic) bond motifs is 1. The third kappa shape index (κ3) is 5.53. The number of hydrogen-bond acceptors (Lipinski definition) is 5. The Morgan fingerprint density at radius 3 is 2.56 bits per heavy atom. The molecule has 0 bridgehead atoms. The molecule has 0 aromatic rings. The Hall–Kier alpha value is -0.910. The van der Waals surface area contributed by atoms with Gasteiger partial charge < -0.3 is 18.9 Å². The lowest BCUT2D eigenvalue weighted by atomic mass is 9.60. The van der Waals surface area contributed by atoms with Gasteiger partial charge in [-0.05, 0) is 51.4 Å². The first kappa shape index (κ1) is 20.4. The Kier molecular flexibility index (Phi) is 7.91. The van der Waals surface area contributed by atoms with Gasteiger partial charge in [0.2, 0.25) is 0 Å². The summed E-state index contributed by atoms with van der Waals surface area (Å²) in [6.45, 7) is 9.08. The van der Waals surface area contributed by atoms with E-state index in [0.29, 0.717) is 37.8 Å². The van der Waals surface area contributed by atoms with Crippen LogP contribution in [0.1, 0.15) is 52.4 Å². The van der Waals surface area contributed by atoms with Crippen LogP contribution in [0.15, 0.2) is 12.7 Å². The topological polar surface area (TPSA) is 54.0 Å². The molecule has 4 atom stereocenters. The van der Waals surface area contributed by atoms with Crippen molar-refractivity contribution < 1.29 is 23.7 Å². The van der Waals surface area contributed by atoms with Crippen LogP contribution in [0.2, 0.25) is 0 Å². The first-order valence-corrected chi connectivity index (χ1v) is 9.53. The van der Waals surface area contributed by atoms with Gasteiger partial charge in [-0.3, -0.25) is 0 Å². The van der Waals surface area contributed by atoms with Gasteiger partial charge in [0.15, 0.2) is 0 Å². The molecule has 5 heteroatoms. The van der Waals surface area contributed by atoms with Gasteiger partial charge in [0.25, 0.3) is 0 Å². The summed E-state index contributed by atoms with van der Waals surface area (Å²) in [4.78, 5) is 11.7. The summed E-state index contributed by atoms with van der Waals surface area (Å²) in [6.07, 6.45) is 8.40. The van der Waals surface area contributed by atoms with Gasteiger partial charge in [0, 0.05) is 19.1 Å². The lowest BCUT2D eigenvalue weighted by molar-refractivity contribution is -0.172. The average Bonchev–Trinajstić information content (AvgIpc) is 2.60. The molecule has 2 aliphatic carbocycles. The molecule has 0 spiro atoms. The molecule has 2 fully saturated rings. The highest BCUT2D eigenvalue weighted by atomic mass is 16.7. The monoisotopic (exact) mass is 354 g/mol. The summed E-state index contributed by atoms with van der Waals surface area (Å²) in [5.74, 6) is 1.11. The van der Waals surface area contributed by atoms with E-state index >= 15 is 0 Å². The van der Waals surface area contributed by atoms with Crippen LogP contribution in [0.5, 0.6) is 0 Å². The fourth-order valence-electron chi connectivity index (χ4n) is 4.73. The second-order valence-electron chi connectivity index (χ2n) is 7.75. The minimum atomic E-state index is -0.467. The van der Waals surface area contributed by atoms with Gasteiger partial charge in [0.1, 0.15) is 12.4 Å². The first-order chi connectivity index (χ1) is 12.0. The molecule has 2 saturated carbocycles. The molecule has 0 saturated heterocycles. The number of ether oxygens (including phenoxy) is 4. The molecule has 0 amide bonds. The molecule has 0 heterocycles. The van der Waals surface area contributed by atoms with Crippen LogP contribution in [0.4, 0.5) is 0 Å². The van der Waals surface area contributed by atoms with Crippen molar-refractivity contribution in [1.29, 1.82) is 0 Å². The zero-order valence-corrected chi connectivity index (χ0v) is 16.0. The van der Waals surface area contributed by atoms with Crippen molar-refractivity contribution in [2.75, 3.05) is 27.1 Å². The molecule has 0 radical (unpaired) electrons. The number of rotatable bonds is 9. The van der Waals surface area contributed by atoms with E-state index < -0.39 is 5.60 Å². The standard InChI is InChI=1S/C20H34O5/c1-5-19(21)25-20(2,3)17-10-6-9-16-15(17)8-7-11-18(16)24-14-23-13-12-22-4/h5,15-18H,1,6-14H2,2-4H3/t15-,16?,17+,18+/m0/s1. The first-order valence-electron chi connectivity index (χ1n) is 9.53. The van der Waals surface area contributed by atoms with Crippen molar-refractivity contribution in [3.05, 3.63) is 12.7 Å². The van der Waals surface area contributed by atoms with E-state index in [1.54, 1.807) is 7.11 Å². The third-order valence-corrected chi connectivity index (χ3v) is 5.84. The normalized spacial score (nSPS) is 29.7. The number of methoxy groups -OCH3 is 1. The zero-order valence-electron chi connectivity index (χ0n) is 16.0. The van der Waals surface area contributed by atoms with E-state index in [-0.39, 0.29) is 12.1 Å². The van der Waals surface area contributed by atoms with Crippen molar-refractivity contribution in [2.24, 2.45) is 17.8 Å². The van der Waals surface area contributed by atoms with E-state index in [4.69, 9.17) is 18.9 Å². The number of esters is 1. The summed E-state index contributed by atoms with van der Waals surface area (Å²) in [5.41, 5.74) is -0.467. The lowest BCUT2D eigenvalue weighted by Gasteiger charge is -2.49. The molecular formula is C20H34O5. The number of carbonyl (C=O) groups is 1. The minimum absolute atomic E-state index is 0.245. The molecular weight excluding hydrogens is 320 g/mol. The fourth-order valence-corrected chi connectivity index (χ4v) is 4.73. The molecule has 25 heavy (non-hydrogen) atoms. The Balaban J connectivity index is 1.95. The van der Waals surface area contributed by atoms with Crippen LogP contribution in [-0.4, -0.2) is 44.8 Å². The maximum atomic E-state index is 11.7. The van der Waals surface area contributed by atoms with Crippen molar-refractivity contribution in [1.82, 2.24) is 0 Å². The van der Waals surface area contributed by atoms with Gasteiger partial charge in [0.05, 0.1) is 19.3 Å². The predicted molar refractivity (Wildman–Crippen MR) is 96.1 cm³/mol. The van der Waals surface area contributed by atoms with E-state index in [1.165, 1.54) is 18.9 Å². The summed E-state index contributed by atoms with van der Waals surface area (Å²) < 4.78 is 22.2. The van der Waals surface area contributed by atoms with Crippen LogP contribution in [0.3, 0.4) is 0 Å². The van der Waals surface area contributed by atoms with Crippen LogP contribution < -0.4 is 0 Å². The Bertz CT molecular complexity index is 434. The van der Waals surface area contributed by atoms with Crippen molar-refractivity contribution in [3.8, 4) is 0 Å². The highest BCUT2D eigenvalue weighted by Gasteiger charge is 2.47. The average molecular weight is 354 g/mol. The smallest absolute Gasteiger partial charge is 0.330 e. The molecule has 0 aliphatic heterocycles. The Labute approximate surface area is 152 Å². The summed E-state index contributed by atoms with van der Waals surface area (Å²) in [5, 5.41) is 0. The number of hydrogen-bond donors (Lipinski definition) is 0.